The maximum atomic E-state index is 5.76. The monoisotopic (exact) mass is 292 g/mol. The van der Waals surface area contributed by atoms with Crippen molar-refractivity contribution in [2.45, 2.75) is 45.9 Å². The van der Waals surface area contributed by atoms with Gasteiger partial charge in [-0.2, -0.15) is 0 Å². The van der Waals surface area contributed by atoms with Crippen molar-refractivity contribution >= 4 is 5.69 Å². The molecule has 0 aliphatic carbocycles. The van der Waals surface area contributed by atoms with Gasteiger partial charge in [0.2, 0.25) is 0 Å². The Balaban J connectivity index is 2.41. The van der Waals surface area contributed by atoms with Crippen molar-refractivity contribution in [2.24, 2.45) is 0 Å². The average Bonchev–Trinajstić information content (AvgIpc) is 2.49. The van der Waals surface area contributed by atoms with Gasteiger partial charge in [0, 0.05) is 29.9 Å². The summed E-state index contributed by atoms with van der Waals surface area (Å²) < 4.78 is 11.4. The first-order valence-corrected chi connectivity index (χ1v) is 7.87. The normalized spacial score (nSPS) is 24.0. The molecule has 2 rings (SSSR count). The van der Waals surface area contributed by atoms with Gasteiger partial charge >= 0.3 is 0 Å². The lowest BCUT2D eigenvalue weighted by Crippen LogP contribution is -2.48. The van der Waals surface area contributed by atoms with E-state index in [1.807, 2.05) is 6.07 Å². The number of ether oxygens (including phenoxy) is 2. The molecule has 1 aromatic rings. The Kier molecular flexibility index (Phi) is 5.48. The summed E-state index contributed by atoms with van der Waals surface area (Å²) in [5.41, 5.74) is 2.49. The fourth-order valence-corrected chi connectivity index (χ4v) is 3.04. The van der Waals surface area contributed by atoms with Gasteiger partial charge in [-0.3, -0.25) is 0 Å². The first-order chi connectivity index (χ1) is 10.1. The third kappa shape index (κ3) is 3.50. The zero-order valence-corrected chi connectivity index (χ0v) is 13.8. The molecule has 1 aliphatic rings. The number of benzene rings is 1. The minimum absolute atomic E-state index is 0.256. The molecule has 4 nitrogen and oxygen atoms in total. The van der Waals surface area contributed by atoms with Gasteiger partial charge in [-0.05, 0) is 39.4 Å². The van der Waals surface area contributed by atoms with E-state index in [0.717, 1.165) is 25.4 Å². The van der Waals surface area contributed by atoms with Crippen LogP contribution in [-0.4, -0.2) is 39.0 Å². The zero-order chi connectivity index (χ0) is 15.4. The van der Waals surface area contributed by atoms with Gasteiger partial charge in [0.15, 0.2) is 0 Å². The molecule has 1 aliphatic heterocycles. The topological polar surface area (TPSA) is 33.7 Å². The standard InChI is InChI=1S/C17H28N2O2/c1-6-18-14(4)17-15(8-7-9-16(17)20-5)19-10-13(3)21-11-12(19)2/h7-9,12-14,18H,6,10-11H2,1-5H3. The van der Waals surface area contributed by atoms with Crippen LogP contribution in [0.4, 0.5) is 5.69 Å². The predicted octanol–water partition coefficient (Wildman–Crippen LogP) is 2.98. The van der Waals surface area contributed by atoms with E-state index in [1.54, 1.807) is 7.11 Å². The molecule has 1 N–H and O–H groups in total. The maximum Gasteiger partial charge on any atom is 0.125 e. The minimum Gasteiger partial charge on any atom is -0.496 e. The van der Waals surface area contributed by atoms with Crippen molar-refractivity contribution in [2.75, 3.05) is 31.7 Å². The Morgan fingerprint density at radius 2 is 2.19 bits per heavy atom. The summed E-state index contributed by atoms with van der Waals surface area (Å²) >= 11 is 0. The lowest BCUT2D eigenvalue weighted by atomic mass is 10.0. The molecule has 0 amide bonds. The summed E-state index contributed by atoms with van der Waals surface area (Å²) in [5, 5.41) is 3.50. The third-order valence-corrected chi connectivity index (χ3v) is 4.12. The van der Waals surface area contributed by atoms with Crippen LogP contribution in [0.3, 0.4) is 0 Å². The SMILES string of the molecule is CCNC(C)c1c(OC)cccc1N1CC(C)OCC1C. The van der Waals surface area contributed by atoms with Crippen LogP contribution < -0.4 is 15.0 Å². The van der Waals surface area contributed by atoms with Crippen LogP contribution in [-0.2, 0) is 4.74 Å². The van der Waals surface area contributed by atoms with Gasteiger partial charge in [0.1, 0.15) is 5.75 Å². The number of hydrogen-bond acceptors (Lipinski definition) is 4. The first kappa shape index (κ1) is 16.1. The molecule has 3 atom stereocenters. The second-order valence-electron chi connectivity index (χ2n) is 5.82. The zero-order valence-electron chi connectivity index (χ0n) is 13.8. The van der Waals surface area contributed by atoms with Gasteiger partial charge < -0.3 is 19.7 Å². The Morgan fingerprint density at radius 1 is 1.43 bits per heavy atom. The van der Waals surface area contributed by atoms with Crippen molar-refractivity contribution in [1.82, 2.24) is 5.32 Å². The fourth-order valence-electron chi connectivity index (χ4n) is 3.04. The molecule has 0 aromatic heterocycles. The molecule has 0 saturated carbocycles. The molecule has 1 fully saturated rings. The highest BCUT2D eigenvalue weighted by Crippen LogP contribution is 2.36. The quantitative estimate of drug-likeness (QED) is 0.904. The summed E-state index contributed by atoms with van der Waals surface area (Å²) in [6.45, 7) is 11.3. The molecular formula is C17H28N2O2. The van der Waals surface area contributed by atoms with Gasteiger partial charge in [-0.1, -0.05) is 13.0 Å². The van der Waals surface area contributed by atoms with Crippen molar-refractivity contribution < 1.29 is 9.47 Å². The van der Waals surface area contributed by atoms with Gasteiger partial charge in [-0.15, -0.1) is 0 Å². The van der Waals surface area contributed by atoms with Crippen LogP contribution in [0.15, 0.2) is 18.2 Å². The van der Waals surface area contributed by atoms with E-state index < -0.39 is 0 Å². The lowest BCUT2D eigenvalue weighted by molar-refractivity contribution is 0.0342. The van der Waals surface area contributed by atoms with E-state index in [1.165, 1.54) is 11.3 Å². The summed E-state index contributed by atoms with van der Waals surface area (Å²) in [4.78, 5) is 2.44. The molecule has 1 heterocycles. The molecule has 0 radical (unpaired) electrons. The maximum absolute atomic E-state index is 5.76. The third-order valence-electron chi connectivity index (χ3n) is 4.12. The summed E-state index contributed by atoms with van der Waals surface area (Å²) in [6.07, 6.45) is 0.259. The highest BCUT2D eigenvalue weighted by molar-refractivity contribution is 5.61. The van der Waals surface area contributed by atoms with Crippen molar-refractivity contribution in [3.8, 4) is 5.75 Å². The van der Waals surface area contributed by atoms with E-state index in [0.29, 0.717) is 6.04 Å². The van der Waals surface area contributed by atoms with E-state index >= 15 is 0 Å². The average molecular weight is 292 g/mol. The van der Waals surface area contributed by atoms with E-state index in [2.05, 4.69) is 50.0 Å². The number of hydrogen-bond donors (Lipinski definition) is 1. The lowest BCUT2D eigenvalue weighted by Gasteiger charge is -2.40. The molecule has 1 saturated heterocycles. The first-order valence-electron chi connectivity index (χ1n) is 7.87. The smallest absolute Gasteiger partial charge is 0.125 e. The van der Waals surface area contributed by atoms with Crippen LogP contribution in [0.5, 0.6) is 5.75 Å². The predicted molar refractivity (Wildman–Crippen MR) is 87.3 cm³/mol. The number of nitrogens with zero attached hydrogens (tertiary/aromatic N) is 1. The van der Waals surface area contributed by atoms with Gasteiger partial charge in [0.25, 0.3) is 0 Å². The number of anilines is 1. The number of morpholine rings is 1. The van der Waals surface area contributed by atoms with Crippen molar-refractivity contribution in [1.29, 1.82) is 0 Å². The van der Waals surface area contributed by atoms with E-state index in [-0.39, 0.29) is 12.1 Å². The summed E-state index contributed by atoms with van der Waals surface area (Å²) in [6, 6.07) is 6.94. The van der Waals surface area contributed by atoms with Crippen LogP contribution in [0.2, 0.25) is 0 Å². The fraction of sp³-hybridized carbons (Fsp3) is 0.647. The largest absolute Gasteiger partial charge is 0.496 e. The highest BCUT2D eigenvalue weighted by Gasteiger charge is 2.27. The Bertz CT molecular complexity index is 464. The van der Waals surface area contributed by atoms with Gasteiger partial charge in [0.05, 0.1) is 19.8 Å². The van der Waals surface area contributed by atoms with Crippen molar-refractivity contribution in [3.63, 3.8) is 0 Å². The van der Waals surface area contributed by atoms with Crippen LogP contribution >= 0.6 is 0 Å². The summed E-state index contributed by atoms with van der Waals surface area (Å²) in [5.74, 6) is 0.951. The van der Waals surface area contributed by atoms with Crippen LogP contribution in [0.25, 0.3) is 0 Å². The summed E-state index contributed by atoms with van der Waals surface area (Å²) in [7, 11) is 1.74. The number of rotatable bonds is 5. The number of methoxy groups -OCH3 is 1. The molecule has 118 valence electrons. The molecule has 3 unspecified atom stereocenters. The van der Waals surface area contributed by atoms with Crippen LogP contribution in [0, 0.1) is 0 Å². The van der Waals surface area contributed by atoms with Crippen molar-refractivity contribution in [3.05, 3.63) is 23.8 Å². The van der Waals surface area contributed by atoms with Crippen LogP contribution in [0.1, 0.15) is 39.3 Å². The number of nitrogens with one attached hydrogen (secondary N) is 1. The molecule has 1 aromatic carbocycles. The Morgan fingerprint density at radius 3 is 2.86 bits per heavy atom. The molecule has 0 bridgehead atoms. The molecule has 4 heteroatoms. The second-order valence-corrected chi connectivity index (χ2v) is 5.82. The van der Waals surface area contributed by atoms with Gasteiger partial charge in [-0.25, -0.2) is 0 Å². The van der Waals surface area contributed by atoms with E-state index in [4.69, 9.17) is 9.47 Å². The molecule has 0 spiro atoms. The molecule has 21 heavy (non-hydrogen) atoms. The highest BCUT2D eigenvalue weighted by atomic mass is 16.5. The Labute approximate surface area is 128 Å². The van der Waals surface area contributed by atoms with E-state index in [9.17, 15) is 0 Å². The Hall–Kier alpha value is -1.26. The minimum atomic E-state index is 0.256. The second kappa shape index (κ2) is 7.14. The molecular weight excluding hydrogens is 264 g/mol.